The number of allylic oxidation sites excluding steroid dienone is 4. The Balaban J connectivity index is 1.33. The molecule has 0 amide bonds. The molecule has 2 heterocycles. The first-order valence-corrected chi connectivity index (χ1v) is 13.9. The number of nitrogens with zero attached hydrogens (tertiary/aromatic N) is 1. The van der Waals surface area contributed by atoms with Gasteiger partial charge in [0, 0.05) is 33.9 Å². The lowest BCUT2D eigenvalue weighted by Gasteiger charge is -2.10. The summed E-state index contributed by atoms with van der Waals surface area (Å²) in [5.74, 6) is 0. The highest BCUT2D eigenvalue weighted by atomic mass is 16.4. The Bertz CT molecular complexity index is 1930. The highest BCUT2D eigenvalue weighted by molar-refractivity contribution is 6.58. The lowest BCUT2D eigenvalue weighted by atomic mass is 9.79. The largest absolute Gasteiger partial charge is 0.488 e. The van der Waals surface area contributed by atoms with Gasteiger partial charge in [-0.05, 0) is 95.5 Å². The molecule has 4 N–H and O–H groups in total. The number of benzene rings is 4. The van der Waals surface area contributed by atoms with Gasteiger partial charge in [0.05, 0.1) is 0 Å². The molecule has 0 radical (unpaired) electrons. The molecule has 206 valence electrons. The van der Waals surface area contributed by atoms with E-state index >= 15 is 0 Å². The zero-order chi connectivity index (χ0) is 29.2. The van der Waals surface area contributed by atoms with Crippen LogP contribution in [0.15, 0.2) is 126 Å². The summed E-state index contributed by atoms with van der Waals surface area (Å²) in [6.07, 6.45) is 6.49. The summed E-state index contributed by atoms with van der Waals surface area (Å²) in [6, 6.07) is 32.6. The van der Waals surface area contributed by atoms with Crippen molar-refractivity contribution < 1.29 is 14.5 Å². The number of hydrogen-bond donors (Lipinski definition) is 3. The van der Waals surface area contributed by atoms with Gasteiger partial charge in [-0.25, -0.2) is 0 Å². The summed E-state index contributed by atoms with van der Waals surface area (Å²) in [4.78, 5) is 4.42. The number of hydrogen-bond acceptors (Lipinski definition) is 5. The van der Waals surface area contributed by atoms with Crippen LogP contribution in [0.25, 0.3) is 49.8 Å². The molecule has 5 nitrogen and oxygen atoms in total. The molecule has 6 heteroatoms. The fraction of sp³-hybridized carbons (Fsp3) is 0.0833. The summed E-state index contributed by atoms with van der Waals surface area (Å²) < 4.78 is 6.19. The molecule has 42 heavy (non-hydrogen) atoms. The minimum atomic E-state index is -1.50. The zero-order valence-corrected chi connectivity index (χ0v) is 23.6. The smallest absolute Gasteiger partial charge is 0.456 e. The van der Waals surface area contributed by atoms with Crippen LogP contribution < -0.4 is 11.2 Å². The van der Waals surface area contributed by atoms with Gasteiger partial charge >= 0.3 is 7.12 Å². The molecule has 0 saturated heterocycles. The Morgan fingerprint density at radius 3 is 2.02 bits per heavy atom. The van der Waals surface area contributed by atoms with E-state index in [-0.39, 0.29) is 0 Å². The Morgan fingerprint density at radius 2 is 1.38 bits per heavy atom. The lowest BCUT2D eigenvalue weighted by molar-refractivity contribution is 0.426. The number of aromatic nitrogens is 1. The van der Waals surface area contributed by atoms with E-state index in [0.717, 1.165) is 66.6 Å². The van der Waals surface area contributed by atoms with Gasteiger partial charge in [0.1, 0.15) is 11.2 Å². The molecular formula is C36H31BN2O3. The number of pyridine rings is 1. The molecule has 0 unspecified atom stereocenters. The third-order valence-corrected chi connectivity index (χ3v) is 7.52. The van der Waals surface area contributed by atoms with Crippen LogP contribution in [-0.4, -0.2) is 22.2 Å². The summed E-state index contributed by atoms with van der Waals surface area (Å²) >= 11 is 0. The van der Waals surface area contributed by atoms with Gasteiger partial charge in [-0.1, -0.05) is 72.8 Å². The van der Waals surface area contributed by atoms with Crippen LogP contribution in [0.2, 0.25) is 0 Å². The number of fused-ring (bicyclic) bond motifs is 3. The first kappa shape index (κ1) is 27.3. The van der Waals surface area contributed by atoms with Gasteiger partial charge in [0.15, 0.2) is 0 Å². The predicted molar refractivity (Wildman–Crippen MR) is 173 cm³/mol. The van der Waals surface area contributed by atoms with Crippen LogP contribution in [0, 0.1) is 6.92 Å². The van der Waals surface area contributed by atoms with Gasteiger partial charge in [0.25, 0.3) is 0 Å². The Morgan fingerprint density at radius 1 is 0.762 bits per heavy atom. The van der Waals surface area contributed by atoms with Crippen LogP contribution >= 0.6 is 0 Å². The van der Waals surface area contributed by atoms with Crippen molar-refractivity contribution in [1.82, 2.24) is 4.98 Å². The van der Waals surface area contributed by atoms with Crippen molar-refractivity contribution in [2.75, 3.05) is 0 Å². The fourth-order valence-electron chi connectivity index (χ4n) is 5.19. The van der Waals surface area contributed by atoms with Crippen LogP contribution in [-0.2, 0) is 6.42 Å². The molecule has 0 aliphatic rings. The lowest BCUT2D eigenvalue weighted by Crippen LogP contribution is -2.29. The molecule has 0 saturated carbocycles. The Labute approximate surface area is 245 Å². The Kier molecular flexibility index (Phi) is 7.49. The van der Waals surface area contributed by atoms with E-state index in [4.69, 9.17) is 10.2 Å². The van der Waals surface area contributed by atoms with E-state index in [2.05, 4.69) is 59.6 Å². The third-order valence-electron chi connectivity index (χ3n) is 7.52. The summed E-state index contributed by atoms with van der Waals surface area (Å²) in [5, 5.41) is 21.1. The van der Waals surface area contributed by atoms with Crippen molar-refractivity contribution >= 4 is 40.1 Å². The van der Waals surface area contributed by atoms with Crippen molar-refractivity contribution in [3.63, 3.8) is 0 Å². The summed E-state index contributed by atoms with van der Waals surface area (Å²) in [6.45, 7) is 3.85. The van der Waals surface area contributed by atoms with Crippen molar-refractivity contribution in [1.29, 1.82) is 0 Å². The third kappa shape index (κ3) is 5.77. The maximum Gasteiger partial charge on any atom is 0.488 e. The minimum Gasteiger partial charge on any atom is -0.456 e. The second-order valence-electron chi connectivity index (χ2n) is 10.7. The Hall–Kier alpha value is -4.91. The van der Waals surface area contributed by atoms with E-state index in [9.17, 15) is 10.0 Å². The van der Waals surface area contributed by atoms with Gasteiger partial charge < -0.3 is 20.2 Å². The molecule has 6 aromatic rings. The highest BCUT2D eigenvalue weighted by Gasteiger charge is 2.13. The number of furan rings is 1. The summed E-state index contributed by atoms with van der Waals surface area (Å²) in [5.41, 5.74) is 17.5. The molecule has 0 aliphatic heterocycles. The molecule has 2 aromatic heterocycles. The fourth-order valence-corrected chi connectivity index (χ4v) is 5.19. The molecule has 0 fully saturated rings. The quantitative estimate of drug-likeness (QED) is 0.150. The molecule has 6 rings (SSSR count). The topological polar surface area (TPSA) is 92.5 Å². The van der Waals surface area contributed by atoms with E-state index in [1.54, 1.807) is 12.1 Å². The average Bonchev–Trinajstić information content (AvgIpc) is 3.37. The van der Waals surface area contributed by atoms with Gasteiger partial charge in [-0.2, -0.15) is 0 Å². The molecule has 0 atom stereocenters. The predicted octanol–water partition coefficient (Wildman–Crippen LogP) is 6.79. The second kappa shape index (κ2) is 11.5. The van der Waals surface area contributed by atoms with Crippen LogP contribution in [0.4, 0.5) is 0 Å². The van der Waals surface area contributed by atoms with E-state index in [1.807, 2.05) is 62.5 Å². The monoisotopic (exact) mass is 550 g/mol. The number of rotatable bonds is 7. The number of nitrogens with two attached hydrogens (primary N) is 1. The van der Waals surface area contributed by atoms with Crippen molar-refractivity contribution in [2.24, 2.45) is 5.73 Å². The molecular weight excluding hydrogens is 519 g/mol. The van der Waals surface area contributed by atoms with Gasteiger partial charge in [0.2, 0.25) is 0 Å². The van der Waals surface area contributed by atoms with Crippen LogP contribution in [0.3, 0.4) is 0 Å². The van der Waals surface area contributed by atoms with E-state index in [1.165, 1.54) is 0 Å². The average molecular weight is 550 g/mol. The first-order valence-electron chi connectivity index (χ1n) is 13.9. The van der Waals surface area contributed by atoms with Crippen LogP contribution in [0.1, 0.15) is 23.7 Å². The molecule has 0 spiro atoms. The van der Waals surface area contributed by atoms with Gasteiger partial charge in [-0.15, -0.1) is 0 Å². The minimum absolute atomic E-state index is 0.451. The first-order chi connectivity index (χ1) is 20.3. The van der Waals surface area contributed by atoms with E-state index in [0.29, 0.717) is 17.6 Å². The zero-order valence-electron chi connectivity index (χ0n) is 23.6. The molecule has 0 aliphatic carbocycles. The number of aryl methyl sites for hydroxylation is 1. The summed E-state index contributed by atoms with van der Waals surface area (Å²) in [7, 11) is -1.50. The van der Waals surface area contributed by atoms with Crippen LogP contribution in [0.5, 0.6) is 0 Å². The highest BCUT2D eigenvalue weighted by Crippen LogP contribution is 2.34. The standard InChI is InChI=1S/C36H31BN2O3/c1-23(38)3-6-29(27-12-15-32(16-13-27)37(40)41)19-25-5-17-35-33(20-25)34-21-30(14-18-36(34)42-35)26-8-10-28(11-9-26)31-7-4-24(2)39-22-31/h3-18,20-22,40-41H,19,38H2,1-2H3/b23-3-,29-6+. The second-order valence-corrected chi connectivity index (χ2v) is 10.7. The van der Waals surface area contributed by atoms with E-state index < -0.39 is 7.12 Å². The maximum atomic E-state index is 9.49. The van der Waals surface area contributed by atoms with Crippen molar-refractivity contribution in [3.8, 4) is 22.3 Å². The molecule has 0 bridgehead atoms. The molecule has 4 aromatic carbocycles. The van der Waals surface area contributed by atoms with Gasteiger partial charge in [-0.3, -0.25) is 4.98 Å². The van der Waals surface area contributed by atoms with Crippen molar-refractivity contribution in [3.05, 3.63) is 138 Å². The maximum absolute atomic E-state index is 9.49. The SMILES string of the molecule is C/C(N)=C/C=C(\Cc1ccc2oc3ccc(-c4ccc(-c5ccc(C)nc5)cc4)cc3c2c1)c1ccc(B(O)O)cc1. The van der Waals surface area contributed by atoms with Crippen molar-refractivity contribution in [2.45, 2.75) is 20.3 Å². The normalized spacial score (nSPS) is 12.3.